The summed E-state index contributed by atoms with van der Waals surface area (Å²) in [7, 11) is 0. The van der Waals surface area contributed by atoms with Gasteiger partial charge in [0.2, 0.25) is 11.8 Å². The highest BCUT2D eigenvalue weighted by Crippen LogP contribution is 2.20. The fourth-order valence-corrected chi connectivity index (χ4v) is 2.43. The summed E-state index contributed by atoms with van der Waals surface area (Å²) in [4.78, 5) is 25.3. The third-order valence-electron chi connectivity index (χ3n) is 2.70. The van der Waals surface area contributed by atoms with Gasteiger partial charge in [0.25, 0.3) is 0 Å². The standard InChI is InChI=1S/C14H18F2N2O2S/c1-3-17-13(19)8-18(4-2)14(20)9-21-10-5-6-11(15)12(16)7-10/h5-7H,3-4,8-9H2,1-2H3,(H,17,19). The number of rotatable bonds is 7. The Labute approximate surface area is 126 Å². The van der Waals surface area contributed by atoms with E-state index < -0.39 is 11.6 Å². The van der Waals surface area contributed by atoms with Crippen LogP contribution in [0.1, 0.15) is 13.8 Å². The van der Waals surface area contributed by atoms with E-state index in [0.717, 1.165) is 23.9 Å². The van der Waals surface area contributed by atoms with Crippen LogP contribution in [0, 0.1) is 11.6 Å². The van der Waals surface area contributed by atoms with Crippen LogP contribution in [0.15, 0.2) is 23.1 Å². The van der Waals surface area contributed by atoms with E-state index in [1.54, 1.807) is 13.8 Å². The zero-order valence-corrected chi connectivity index (χ0v) is 12.8. The predicted molar refractivity (Wildman–Crippen MR) is 78.0 cm³/mol. The maximum atomic E-state index is 13.0. The molecule has 0 aliphatic heterocycles. The first-order valence-corrected chi connectivity index (χ1v) is 7.58. The van der Waals surface area contributed by atoms with Crippen LogP contribution >= 0.6 is 11.8 Å². The SMILES string of the molecule is CCNC(=O)CN(CC)C(=O)CSc1ccc(F)c(F)c1. The van der Waals surface area contributed by atoms with Gasteiger partial charge in [-0.05, 0) is 32.0 Å². The lowest BCUT2D eigenvalue weighted by atomic mass is 10.3. The Balaban J connectivity index is 2.54. The molecule has 0 fully saturated rings. The molecule has 0 heterocycles. The summed E-state index contributed by atoms with van der Waals surface area (Å²) in [5, 5.41) is 2.62. The van der Waals surface area contributed by atoms with E-state index in [4.69, 9.17) is 0 Å². The smallest absolute Gasteiger partial charge is 0.239 e. The number of amides is 2. The number of benzene rings is 1. The molecule has 21 heavy (non-hydrogen) atoms. The van der Waals surface area contributed by atoms with E-state index in [0.29, 0.717) is 18.0 Å². The number of carbonyl (C=O) groups is 2. The number of halogens is 2. The van der Waals surface area contributed by atoms with E-state index in [-0.39, 0.29) is 24.1 Å². The van der Waals surface area contributed by atoms with E-state index in [2.05, 4.69) is 5.32 Å². The summed E-state index contributed by atoms with van der Waals surface area (Å²) >= 11 is 1.11. The molecule has 1 aromatic rings. The molecule has 0 aliphatic carbocycles. The molecule has 4 nitrogen and oxygen atoms in total. The van der Waals surface area contributed by atoms with Gasteiger partial charge >= 0.3 is 0 Å². The summed E-state index contributed by atoms with van der Waals surface area (Å²) in [6.45, 7) is 4.50. The second-order valence-corrected chi connectivity index (χ2v) is 5.27. The van der Waals surface area contributed by atoms with Crippen molar-refractivity contribution in [3.05, 3.63) is 29.8 Å². The van der Waals surface area contributed by atoms with E-state index in [1.807, 2.05) is 0 Å². The van der Waals surface area contributed by atoms with E-state index in [1.165, 1.54) is 11.0 Å². The van der Waals surface area contributed by atoms with Crippen LogP contribution in [0.2, 0.25) is 0 Å². The molecular weight excluding hydrogens is 298 g/mol. The molecule has 1 rings (SSSR count). The number of nitrogens with zero attached hydrogens (tertiary/aromatic N) is 1. The van der Waals surface area contributed by atoms with Crippen LogP contribution in [0.3, 0.4) is 0 Å². The van der Waals surface area contributed by atoms with Crippen molar-refractivity contribution < 1.29 is 18.4 Å². The van der Waals surface area contributed by atoms with Gasteiger partial charge in [0.05, 0.1) is 12.3 Å². The number of thioether (sulfide) groups is 1. The van der Waals surface area contributed by atoms with Crippen LogP contribution in [-0.4, -0.2) is 42.1 Å². The lowest BCUT2D eigenvalue weighted by Crippen LogP contribution is -2.41. The molecule has 0 saturated heterocycles. The largest absolute Gasteiger partial charge is 0.355 e. The Bertz CT molecular complexity index is 512. The highest BCUT2D eigenvalue weighted by atomic mass is 32.2. The van der Waals surface area contributed by atoms with Crippen molar-refractivity contribution in [3.63, 3.8) is 0 Å². The number of hydrogen-bond acceptors (Lipinski definition) is 3. The molecule has 1 aromatic carbocycles. The first kappa shape index (κ1) is 17.4. The average Bonchev–Trinajstić information content (AvgIpc) is 2.46. The molecule has 1 N–H and O–H groups in total. The molecule has 0 saturated carbocycles. The topological polar surface area (TPSA) is 49.4 Å². The summed E-state index contributed by atoms with van der Waals surface area (Å²) < 4.78 is 25.8. The lowest BCUT2D eigenvalue weighted by Gasteiger charge is -2.20. The molecule has 0 atom stereocenters. The van der Waals surface area contributed by atoms with Gasteiger partial charge in [0.15, 0.2) is 11.6 Å². The lowest BCUT2D eigenvalue weighted by molar-refractivity contribution is -0.133. The Hall–Kier alpha value is -1.63. The summed E-state index contributed by atoms with van der Waals surface area (Å²) in [5.74, 6) is -2.23. The number of hydrogen-bond donors (Lipinski definition) is 1. The number of nitrogens with one attached hydrogen (secondary N) is 1. The second kappa shape index (κ2) is 8.61. The van der Waals surface area contributed by atoms with Gasteiger partial charge in [-0.15, -0.1) is 11.8 Å². The third-order valence-corrected chi connectivity index (χ3v) is 3.67. The monoisotopic (exact) mass is 316 g/mol. The fraction of sp³-hybridized carbons (Fsp3) is 0.429. The van der Waals surface area contributed by atoms with Gasteiger partial charge in [-0.1, -0.05) is 0 Å². The fourth-order valence-electron chi connectivity index (χ4n) is 1.61. The molecular formula is C14H18F2N2O2S. The van der Waals surface area contributed by atoms with Gasteiger partial charge in [-0.3, -0.25) is 9.59 Å². The summed E-state index contributed by atoms with van der Waals surface area (Å²) in [6.07, 6.45) is 0. The normalized spacial score (nSPS) is 10.3. The van der Waals surface area contributed by atoms with Crippen molar-refractivity contribution >= 4 is 23.6 Å². The zero-order chi connectivity index (χ0) is 15.8. The molecule has 2 amide bonds. The van der Waals surface area contributed by atoms with Gasteiger partial charge in [-0.25, -0.2) is 8.78 Å². The summed E-state index contributed by atoms with van der Waals surface area (Å²) in [6, 6.07) is 3.48. The molecule has 116 valence electrons. The Morgan fingerprint density at radius 3 is 2.52 bits per heavy atom. The van der Waals surface area contributed by atoms with Gasteiger partial charge < -0.3 is 10.2 Å². The molecule has 0 unspecified atom stereocenters. The van der Waals surface area contributed by atoms with E-state index >= 15 is 0 Å². The quantitative estimate of drug-likeness (QED) is 0.783. The first-order valence-electron chi connectivity index (χ1n) is 6.60. The van der Waals surface area contributed by atoms with Crippen LogP contribution in [0.25, 0.3) is 0 Å². The molecule has 7 heteroatoms. The average molecular weight is 316 g/mol. The Morgan fingerprint density at radius 1 is 1.24 bits per heavy atom. The zero-order valence-electron chi connectivity index (χ0n) is 12.0. The van der Waals surface area contributed by atoms with Crippen molar-refractivity contribution in [2.24, 2.45) is 0 Å². The number of likely N-dealkylation sites (N-methyl/N-ethyl adjacent to an activating group) is 2. The van der Waals surface area contributed by atoms with Crippen LogP contribution in [0.4, 0.5) is 8.78 Å². The molecule has 0 bridgehead atoms. The minimum atomic E-state index is -0.942. The Morgan fingerprint density at radius 2 is 1.95 bits per heavy atom. The van der Waals surface area contributed by atoms with Gasteiger partial charge in [0, 0.05) is 18.0 Å². The van der Waals surface area contributed by atoms with Crippen LogP contribution in [-0.2, 0) is 9.59 Å². The van der Waals surface area contributed by atoms with Gasteiger partial charge in [-0.2, -0.15) is 0 Å². The molecule has 0 aromatic heterocycles. The third kappa shape index (κ3) is 5.71. The minimum Gasteiger partial charge on any atom is -0.355 e. The van der Waals surface area contributed by atoms with Crippen molar-refractivity contribution in [2.45, 2.75) is 18.7 Å². The first-order chi connectivity index (χ1) is 9.97. The van der Waals surface area contributed by atoms with Crippen molar-refractivity contribution in [3.8, 4) is 0 Å². The predicted octanol–water partition coefficient (Wildman–Crippen LogP) is 2.04. The second-order valence-electron chi connectivity index (χ2n) is 4.23. The van der Waals surface area contributed by atoms with Crippen molar-refractivity contribution in [2.75, 3.05) is 25.4 Å². The van der Waals surface area contributed by atoms with Gasteiger partial charge in [0.1, 0.15) is 0 Å². The number of carbonyl (C=O) groups excluding carboxylic acids is 2. The Kier molecular flexibility index (Phi) is 7.14. The van der Waals surface area contributed by atoms with Crippen LogP contribution in [0.5, 0.6) is 0 Å². The highest BCUT2D eigenvalue weighted by Gasteiger charge is 2.15. The van der Waals surface area contributed by atoms with Crippen molar-refractivity contribution in [1.29, 1.82) is 0 Å². The van der Waals surface area contributed by atoms with E-state index in [9.17, 15) is 18.4 Å². The highest BCUT2D eigenvalue weighted by molar-refractivity contribution is 8.00. The minimum absolute atomic E-state index is 0.00150. The summed E-state index contributed by atoms with van der Waals surface area (Å²) in [5.41, 5.74) is 0. The maximum Gasteiger partial charge on any atom is 0.239 e. The van der Waals surface area contributed by atoms with Crippen molar-refractivity contribution in [1.82, 2.24) is 10.2 Å². The molecule has 0 spiro atoms. The van der Waals surface area contributed by atoms with Crippen LogP contribution < -0.4 is 5.32 Å². The molecule has 0 aliphatic rings. The molecule has 0 radical (unpaired) electrons. The maximum absolute atomic E-state index is 13.0.